The Kier molecular flexibility index (Phi) is 7.54. The zero-order valence-corrected chi connectivity index (χ0v) is 9.46. The molecule has 0 rings (SSSR count). The van der Waals surface area contributed by atoms with E-state index in [1.54, 1.807) is 0 Å². The van der Waals surface area contributed by atoms with Crippen LogP contribution in [0.15, 0.2) is 0 Å². The molecule has 0 aromatic heterocycles. The molecule has 0 bridgehead atoms. The van der Waals surface area contributed by atoms with E-state index < -0.39 is 5.97 Å². The summed E-state index contributed by atoms with van der Waals surface area (Å²) >= 11 is 0. The lowest BCUT2D eigenvalue weighted by molar-refractivity contribution is -0.143. The van der Waals surface area contributed by atoms with Crippen molar-refractivity contribution in [3.05, 3.63) is 6.92 Å². The fraction of sp³-hybridized carbons (Fsp3) is 0.833. The van der Waals surface area contributed by atoms with E-state index in [-0.39, 0.29) is 11.8 Å². The minimum Gasteiger partial charge on any atom is -0.481 e. The Balaban J connectivity index is 3.88. The average molecular weight is 199 g/mol. The van der Waals surface area contributed by atoms with E-state index >= 15 is 0 Å². The normalized spacial score (nSPS) is 15.1. The summed E-state index contributed by atoms with van der Waals surface area (Å²) in [7, 11) is 0. The third-order valence-corrected chi connectivity index (χ3v) is 2.66. The molecule has 0 heterocycles. The molecule has 2 atom stereocenters. The summed E-state index contributed by atoms with van der Waals surface area (Å²) in [5.74, 6) is -0.834. The maximum atomic E-state index is 10.9. The molecule has 0 aromatic carbocycles. The highest BCUT2D eigenvalue weighted by atomic mass is 16.4. The molecule has 0 aromatic rings. The van der Waals surface area contributed by atoms with Crippen LogP contribution >= 0.6 is 0 Å². The summed E-state index contributed by atoms with van der Waals surface area (Å²) < 4.78 is 0. The van der Waals surface area contributed by atoms with Gasteiger partial charge in [0.25, 0.3) is 0 Å². The van der Waals surface area contributed by atoms with Gasteiger partial charge in [0.05, 0.1) is 5.92 Å². The van der Waals surface area contributed by atoms with Crippen molar-refractivity contribution in [3.63, 3.8) is 0 Å². The standard InChI is InChI=1S/C12H23O2/c1-4-6-7-9-10(3)11(8-5-2)12(13)14/h10-11H,3-9H2,1-2H3,(H,13,14). The van der Waals surface area contributed by atoms with Gasteiger partial charge in [0, 0.05) is 0 Å². The number of carboxylic acid groups (broad SMARTS) is 1. The number of hydrogen-bond acceptors (Lipinski definition) is 1. The first-order valence-electron chi connectivity index (χ1n) is 5.69. The van der Waals surface area contributed by atoms with Crippen molar-refractivity contribution >= 4 is 5.97 Å². The lowest BCUT2D eigenvalue weighted by Gasteiger charge is -2.19. The summed E-state index contributed by atoms with van der Waals surface area (Å²) in [4.78, 5) is 10.9. The van der Waals surface area contributed by atoms with Gasteiger partial charge in [-0.3, -0.25) is 4.79 Å². The Labute approximate surface area is 87.7 Å². The van der Waals surface area contributed by atoms with E-state index in [2.05, 4.69) is 13.8 Å². The molecular weight excluding hydrogens is 176 g/mol. The minimum absolute atomic E-state index is 0.0824. The first-order chi connectivity index (χ1) is 6.63. The smallest absolute Gasteiger partial charge is 0.306 e. The van der Waals surface area contributed by atoms with Gasteiger partial charge in [-0.25, -0.2) is 0 Å². The molecule has 83 valence electrons. The van der Waals surface area contributed by atoms with E-state index in [4.69, 9.17) is 5.11 Å². The highest BCUT2D eigenvalue weighted by Gasteiger charge is 2.22. The number of aliphatic carboxylic acids is 1. The fourth-order valence-corrected chi connectivity index (χ4v) is 1.73. The number of carboxylic acids is 1. The summed E-state index contributed by atoms with van der Waals surface area (Å²) in [6.45, 7) is 8.14. The number of carbonyl (C=O) groups is 1. The van der Waals surface area contributed by atoms with Gasteiger partial charge < -0.3 is 5.11 Å². The molecule has 0 aliphatic carbocycles. The Morgan fingerprint density at radius 3 is 2.29 bits per heavy atom. The first kappa shape index (κ1) is 13.5. The first-order valence-corrected chi connectivity index (χ1v) is 5.69. The summed E-state index contributed by atoms with van der Waals surface area (Å²) in [5.41, 5.74) is 0. The van der Waals surface area contributed by atoms with Gasteiger partial charge in [-0.15, -0.1) is 0 Å². The lowest BCUT2D eigenvalue weighted by atomic mass is 9.86. The van der Waals surface area contributed by atoms with Gasteiger partial charge in [-0.2, -0.15) is 0 Å². The summed E-state index contributed by atoms with van der Waals surface area (Å²) in [5, 5.41) is 8.99. The van der Waals surface area contributed by atoms with E-state index in [9.17, 15) is 4.79 Å². The second-order valence-electron chi connectivity index (χ2n) is 3.99. The second kappa shape index (κ2) is 7.84. The SMILES string of the molecule is [CH2]C(CCCCC)C(CCC)C(=O)O. The topological polar surface area (TPSA) is 37.3 Å². The Morgan fingerprint density at radius 1 is 1.21 bits per heavy atom. The van der Waals surface area contributed by atoms with Crippen molar-refractivity contribution in [3.8, 4) is 0 Å². The van der Waals surface area contributed by atoms with Crippen LogP contribution in [-0.4, -0.2) is 11.1 Å². The molecular formula is C12H23O2. The van der Waals surface area contributed by atoms with Crippen LogP contribution in [0.3, 0.4) is 0 Å². The Morgan fingerprint density at radius 2 is 1.86 bits per heavy atom. The van der Waals surface area contributed by atoms with Crippen molar-refractivity contribution in [1.82, 2.24) is 0 Å². The number of rotatable bonds is 8. The summed E-state index contributed by atoms with van der Waals surface area (Å²) in [6.07, 6.45) is 6.11. The van der Waals surface area contributed by atoms with Crippen LogP contribution in [0.4, 0.5) is 0 Å². The van der Waals surface area contributed by atoms with Crippen molar-refractivity contribution in [2.45, 2.75) is 52.4 Å². The quantitative estimate of drug-likeness (QED) is 0.607. The lowest BCUT2D eigenvalue weighted by Crippen LogP contribution is -2.21. The Bertz CT molecular complexity index is 154. The van der Waals surface area contributed by atoms with E-state index in [1.165, 1.54) is 12.8 Å². The molecule has 0 fully saturated rings. The average Bonchev–Trinajstić information content (AvgIpc) is 2.13. The van der Waals surface area contributed by atoms with Crippen LogP contribution in [0.5, 0.6) is 0 Å². The molecule has 0 spiro atoms. The van der Waals surface area contributed by atoms with Gasteiger partial charge in [-0.05, 0) is 25.7 Å². The zero-order chi connectivity index (χ0) is 11.0. The van der Waals surface area contributed by atoms with Crippen LogP contribution in [0, 0.1) is 18.8 Å². The molecule has 2 nitrogen and oxygen atoms in total. The maximum absolute atomic E-state index is 10.9. The number of hydrogen-bond donors (Lipinski definition) is 1. The predicted molar refractivity (Wildman–Crippen MR) is 59.0 cm³/mol. The van der Waals surface area contributed by atoms with Crippen molar-refractivity contribution in [1.29, 1.82) is 0 Å². The number of unbranched alkanes of at least 4 members (excludes halogenated alkanes) is 2. The molecule has 1 N–H and O–H groups in total. The molecule has 1 radical (unpaired) electrons. The fourth-order valence-electron chi connectivity index (χ4n) is 1.73. The second-order valence-corrected chi connectivity index (χ2v) is 3.99. The summed E-state index contributed by atoms with van der Waals surface area (Å²) in [6, 6.07) is 0. The molecule has 2 heteroatoms. The van der Waals surface area contributed by atoms with Gasteiger partial charge in [0.15, 0.2) is 0 Å². The molecule has 0 amide bonds. The molecule has 0 aliphatic heterocycles. The van der Waals surface area contributed by atoms with E-state index in [0.717, 1.165) is 25.7 Å². The minimum atomic E-state index is -0.677. The highest BCUT2D eigenvalue weighted by molar-refractivity contribution is 5.70. The van der Waals surface area contributed by atoms with Gasteiger partial charge in [0.2, 0.25) is 0 Å². The monoisotopic (exact) mass is 199 g/mol. The van der Waals surface area contributed by atoms with Gasteiger partial charge in [0.1, 0.15) is 0 Å². The molecule has 0 aliphatic rings. The zero-order valence-electron chi connectivity index (χ0n) is 9.46. The molecule has 0 saturated carbocycles. The Hall–Kier alpha value is -0.530. The van der Waals surface area contributed by atoms with Crippen LogP contribution < -0.4 is 0 Å². The van der Waals surface area contributed by atoms with Crippen molar-refractivity contribution < 1.29 is 9.90 Å². The third-order valence-electron chi connectivity index (χ3n) is 2.66. The van der Waals surface area contributed by atoms with Crippen molar-refractivity contribution in [2.24, 2.45) is 11.8 Å². The van der Waals surface area contributed by atoms with Crippen LogP contribution in [0.25, 0.3) is 0 Å². The predicted octanol–water partition coefficient (Wildman–Crippen LogP) is 3.52. The van der Waals surface area contributed by atoms with E-state index in [1.807, 2.05) is 6.92 Å². The highest BCUT2D eigenvalue weighted by Crippen LogP contribution is 2.22. The van der Waals surface area contributed by atoms with Crippen LogP contribution in [0.1, 0.15) is 52.4 Å². The largest absolute Gasteiger partial charge is 0.481 e. The molecule has 14 heavy (non-hydrogen) atoms. The van der Waals surface area contributed by atoms with Crippen LogP contribution in [-0.2, 0) is 4.79 Å². The maximum Gasteiger partial charge on any atom is 0.306 e. The molecule has 0 saturated heterocycles. The van der Waals surface area contributed by atoms with Gasteiger partial charge in [-0.1, -0.05) is 39.5 Å². The third kappa shape index (κ3) is 5.25. The molecule has 2 unspecified atom stereocenters. The van der Waals surface area contributed by atoms with Crippen molar-refractivity contribution in [2.75, 3.05) is 0 Å². The van der Waals surface area contributed by atoms with Crippen LogP contribution in [0.2, 0.25) is 0 Å². The van der Waals surface area contributed by atoms with E-state index in [0.29, 0.717) is 0 Å². The van der Waals surface area contributed by atoms with Gasteiger partial charge >= 0.3 is 5.97 Å².